The van der Waals surface area contributed by atoms with Crippen molar-refractivity contribution in [2.45, 2.75) is 52.1 Å². The van der Waals surface area contributed by atoms with Crippen LogP contribution < -0.4 is 5.32 Å². The molecule has 4 heteroatoms. The van der Waals surface area contributed by atoms with E-state index in [4.69, 9.17) is 0 Å². The van der Waals surface area contributed by atoms with Gasteiger partial charge in [0.15, 0.2) is 5.82 Å². The maximum absolute atomic E-state index is 4.28. The van der Waals surface area contributed by atoms with E-state index < -0.39 is 0 Å². The van der Waals surface area contributed by atoms with Gasteiger partial charge in [0.2, 0.25) is 0 Å². The van der Waals surface area contributed by atoms with Crippen LogP contribution in [-0.4, -0.2) is 21.2 Å². The molecule has 1 aliphatic carbocycles. The molecule has 0 aliphatic heterocycles. The average Bonchev–Trinajstić information content (AvgIpc) is 2.83. The van der Waals surface area contributed by atoms with Crippen LogP contribution in [0.4, 0.5) is 0 Å². The number of nitrogens with zero attached hydrogens (tertiary/aromatic N) is 2. The first-order chi connectivity index (χ1) is 7.28. The normalized spacial score (nSPS) is 26.0. The zero-order valence-electron chi connectivity index (χ0n) is 9.58. The molecule has 1 heterocycles. The molecule has 1 aromatic rings. The number of hydrogen-bond donors (Lipinski definition) is 2. The third-order valence-corrected chi connectivity index (χ3v) is 3.31. The number of hydrogen-bond acceptors (Lipinski definition) is 3. The van der Waals surface area contributed by atoms with Gasteiger partial charge in [0, 0.05) is 6.04 Å². The third-order valence-electron chi connectivity index (χ3n) is 3.31. The molecule has 4 nitrogen and oxygen atoms in total. The summed E-state index contributed by atoms with van der Waals surface area (Å²) in [4.78, 5) is 4.28. The highest BCUT2D eigenvalue weighted by atomic mass is 15.2. The molecule has 1 aliphatic rings. The SMILES string of the molecule is CCC1CCC(NCc2n[nH]c(C)n2)C1. The summed E-state index contributed by atoms with van der Waals surface area (Å²) in [5.74, 6) is 2.70. The second-order valence-corrected chi connectivity index (χ2v) is 4.50. The molecule has 1 aromatic heterocycles. The number of H-pyrrole nitrogens is 1. The summed E-state index contributed by atoms with van der Waals surface area (Å²) >= 11 is 0. The highest BCUT2D eigenvalue weighted by molar-refractivity contribution is 4.89. The predicted octanol–water partition coefficient (Wildman–Crippen LogP) is 1.78. The van der Waals surface area contributed by atoms with Crippen molar-refractivity contribution in [2.75, 3.05) is 0 Å². The van der Waals surface area contributed by atoms with E-state index in [2.05, 4.69) is 27.4 Å². The molecule has 1 fully saturated rings. The van der Waals surface area contributed by atoms with Gasteiger partial charge in [-0.2, -0.15) is 5.10 Å². The molecule has 2 rings (SSSR count). The van der Waals surface area contributed by atoms with E-state index in [9.17, 15) is 0 Å². The first-order valence-electron chi connectivity index (χ1n) is 5.89. The molecule has 2 unspecified atom stereocenters. The largest absolute Gasteiger partial charge is 0.307 e. The molecule has 0 bridgehead atoms. The summed E-state index contributed by atoms with van der Waals surface area (Å²) in [5.41, 5.74) is 0. The van der Waals surface area contributed by atoms with Crippen LogP contribution in [0, 0.1) is 12.8 Å². The monoisotopic (exact) mass is 208 g/mol. The van der Waals surface area contributed by atoms with Gasteiger partial charge in [-0.1, -0.05) is 13.3 Å². The van der Waals surface area contributed by atoms with Crippen LogP contribution in [0.25, 0.3) is 0 Å². The minimum absolute atomic E-state index is 0.675. The average molecular weight is 208 g/mol. The van der Waals surface area contributed by atoms with Crippen molar-refractivity contribution in [3.05, 3.63) is 11.6 Å². The van der Waals surface area contributed by atoms with Crippen molar-refractivity contribution in [3.63, 3.8) is 0 Å². The maximum atomic E-state index is 4.28. The first-order valence-corrected chi connectivity index (χ1v) is 5.89. The lowest BCUT2D eigenvalue weighted by molar-refractivity contribution is 0.472. The highest BCUT2D eigenvalue weighted by Gasteiger charge is 2.22. The Bertz CT molecular complexity index is 307. The minimum Gasteiger partial charge on any atom is -0.307 e. The van der Waals surface area contributed by atoms with Crippen molar-refractivity contribution in [2.24, 2.45) is 5.92 Å². The lowest BCUT2D eigenvalue weighted by Gasteiger charge is -2.10. The molecule has 2 atom stereocenters. The van der Waals surface area contributed by atoms with Crippen molar-refractivity contribution >= 4 is 0 Å². The predicted molar refractivity (Wildman–Crippen MR) is 59.4 cm³/mol. The second kappa shape index (κ2) is 4.75. The van der Waals surface area contributed by atoms with Gasteiger partial charge in [0.1, 0.15) is 5.82 Å². The summed E-state index contributed by atoms with van der Waals surface area (Å²) < 4.78 is 0. The Morgan fingerprint density at radius 1 is 1.47 bits per heavy atom. The van der Waals surface area contributed by atoms with Gasteiger partial charge in [-0.15, -0.1) is 0 Å². The summed E-state index contributed by atoms with van der Waals surface area (Å²) in [5, 5.41) is 10.5. The Morgan fingerprint density at radius 3 is 2.93 bits per heavy atom. The molecule has 84 valence electrons. The van der Waals surface area contributed by atoms with Crippen LogP contribution in [0.1, 0.15) is 44.3 Å². The van der Waals surface area contributed by atoms with Crippen LogP contribution in [0.5, 0.6) is 0 Å². The van der Waals surface area contributed by atoms with Gasteiger partial charge >= 0.3 is 0 Å². The number of aryl methyl sites for hydroxylation is 1. The Morgan fingerprint density at radius 2 is 2.33 bits per heavy atom. The molecule has 0 spiro atoms. The van der Waals surface area contributed by atoms with Gasteiger partial charge in [-0.05, 0) is 32.1 Å². The Hall–Kier alpha value is -0.900. The van der Waals surface area contributed by atoms with Crippen molar-refractivity contribution < 1.29 is 0 Å². The fraction of sp³-hybridized carbons (Fsp3) is 0.818. The van der Waals surface area contributed by atoms with E-state index in [-0.39, 0.29) is 0 Å². The zero-order chi connectivity index (χ0) is 10.7. The summed E-state index contributed by atoms with van der Waals surface area (Å²) in [7, 11) is 0. The van der Waals surface area contributed by atoms with Crippen LogP contribution in [0.15, 0.2) is 0 Å². The summed E-state index contributed by atoms with van der Waals surface area (Å²) in [6.07, 6.45) is 5.32. The quantitative estimate of drug-likeness (QED) is 0.793. The van der Waals surface area contributed by atoms with E-state index in [0.29, 0.717) is 6.04 Å². The molecule has 0 saturated heterocycles. The molecular formula is C11H20N4. The fourth-order valence-electron chi connectivity index (χ4n) is 2.33. The van der Waals surface area contributed by atoms with Gasteiger partial charge in [0.05, 0.1) is 6.54 Å². The third kappa shape index (κ3) is 2.78. The van der Waals surface area contributed by atoms with Crippen LogP contribution in [0.3, 0.4) is 0 Å². The van der Waals surface area contributed by atoms with Crippen molar-refractivity contribution in [1.82, 2.24) is 20.5 Å². The summed E-state index contributed by atoms with van der Waals surface area (Å²) in [6, 6.07) is 0.675. The number of rotatable bonds is 4. The zero-order valence-corrected chi connectivity index (χ0v) is 9.58. The second-order valence-electron chi connectivity index (χ2n) is 4.50. The van der Waals surface area contributed by atoms with Gasteiger partial charge < -0.3 is 5.32 Å². The molecule has 15 heavy (non-hydrogen) atoms. The van der Waals surface area contributed by atoms with Crippen molar-refractivity contribution in [1.29, 1.82) is 0 Å². The first kappa shape index (κ1) is 10.6. The van der Waals surface area contributed by atoms with E-state index in [1.54, 1.807) is 0 Å². The smallest absolute Gasteiger partial charge is 0.164 e. The fourth-order valence-corrected chi connectivity index (χ4v) is 2.33. The minimum atomic E-state index is 0.675. The highest BCUT2D eigenvalue weighted by Crippen LogP contribution is 2.27. The Labute approximate surface area is 90.9 Å². The van der Waals surface area contributed by atoms with Crippen LogP contribution in [-0.2, 0) is 6.54 Å². The van der Waals surface area contributed by atoms with Crippen LogP contribution in [0.2, 0.25) is 0 Å². The lowest BCUT2D eigenvalue weighted by atomic mass is 10.1. The van der Waals surface area contributed by atoms with Gasteiger partial charge in [-0.25, -0.2) is 4.98 Å². The maximum Gasteiger partial charge on any atom is 0.164 e. The molecular weight excluding hydrogens is 188 g/mol. The summed E-state index contributed by atoms with van der Waals surface area (Å²) in [6.45, 7) is 5.01. The molecule has 2 N–H and O–H groups in total. The molecule has 0 radical (unpaired) electrons. The number of aromatic nitrogens is 3. The number of nitrogens with one attached hydrogen (secondary N) is 2. The number of aromatic amines is 1. The standard InChI is InChI=1S/C11H20N4/c1-3-9-4-5-10(6-9)12-7-11-13-8(2)14-15-11/h9-10,12H,3-7H2,1-2H3,(H,13,14,15). The molecule has 1 saturated carbocycles. The Kier molecular flexibility index (Phi) is 3.36. The van der Waals surface area contributed by atoms with E-state index in [1.807, 2.05) is 6.92 Å². The lowest BCUT2D eigenvalue weighted by Crippen LogP contribution is -2.26. The van der Waals surface area contributed by atoms with Crippen molar-refractivity contribution in [3.8, 4) is 0 Å². The topological polar surface area (TPSA) is 53.6 Å². The van der Waals surface area contributed by atoms with Gasteiger partial charge in [-0.3, -0.25) is 5.10 Å². The van der Waals surface area contributed by atoms with Crippen LogP contribution >= 0.6 is 0 Å². The molecule has 0 aromatic carbocycles. The molecule has 0 amide bonds. The van der Waals surface area contributed by atoms with E-state index in [0.717, 1.165) is 24.1 Å². The Balaban J connectivity index is 1.75. The van der Waals surface area contributed by atoms with E-state index >= 15 is 0 Å². The van der Waals surface area contributed by atoms with E-state index in [1.165, 1.54) is 25.7 Å². The van der Waals surface area contributed by atoms with Gasteiger partial charge in [0.25, 0.3) is 0 Å².